The molecule has 0 saturated carbocycles. The summed E-state index contributed by atoms with van der Waals surface area (Å²) in [5.41, 5.74) is 0. The third kappa shape index (κ3) is 12.3. The molecular formula is C13H29NO4. The maximum absolute atomic E-state index is 9.62. The summed E-state index contributed by atoms with van der Waals surface area (Å²) in [5.74, 6) is 0.419. The van der Waals surface area contributed by atoms with Crippen LogP contribution in [0.2, 0.25) is 0 Å². The Morgan fingerprint density at radius 3 is 2.44 bits per heavy atom. The van der Waals surface area contributed by atoms with Gasteiger partial charge < -0.3 is 25.0 Å². The topological polar surface area (TPSA) is 71.0 Å². The van der Waals surface area contributed by atoms with Crippen LogP contribution in [0.5, 0.6) is 0 Å². The zero-order valence-corrected chi connectivity index (χ0v) is 11.9. The fourth-order valence-electron chi connectivity index (χ4n) is 1.44. The quantitative estimate of drug-likeness (QED) is 0.445. The Morgan fingerprint density at radius 1 is 1.11 bits per heavy atom. The molecule has 3 N–H and O–H groups in total. The van der Waals surface area contributed by atoms with E-state index in [-0.39, 0.29) is 12.7 Å². The Labute approximate surface area is 110 Å². The molecule has 0 aliphatic carbocycles. The number of nitrogens with one attached hydrogen (secondary N) is 1. The van der Waals surface area contributed by atoms with Crippen LogP contribution in [0, 0.1) is 5.92 Å². The van der Waals surface area contributed by atoms with Gasteiger partial charge in [0.1, 0.15) is 0 Å². The zero-order valence-electron chi connectivity index (χ0n) is 11.9. The molecule has 2 unspecified atom stereocenters. The van der Waals surface area contributed by atoms with Crippen LogP contribution >= 0.6 is 0 Å². The van der Waals surface area contributed by atoms with Gasteiger partial charge in [-0.25, -0.2) is 0 Å². The van der Waals surface area contributed by atoms with E-state index in [0.29, 0.717) is 32.3 Å². The molecule has 0 aromatic rings. The highest BCUT2D eigenvalue weighted by molar-refractivity contribution is 4.61. The second-order valence-electron chi connectivity index (χ2n) is 4.92. The Kier molecular flexibility index (Phi) is 11.7. The first-order chi connectivity index (χ1) is 8.56. The summed E-state index contributed by atoms with van der Waals surface area (Å²) < 4.78 is 10.6. The summed E-state index contributed by atoms with van der Waals surface area (Å²) >= 11 is 0. The minimum Gasteiger partial charge on any atom is -0.396 e. The minimum absolute atomic E-state index is 0.213. The van der Waals surface area contributed by atoms with Gasteiger partial charge in [0, 0.05) is 13.2 Å². The minimum atomic E-state index is -0.495. The van der Waals surface area contributed by atoms with Crippen LogP contribution < -0.4 is 5.32 Å². The normalized spacial score (nSPS) is 15.0. The number of rotatable bonds is 12. The van der Waals surface area contributed by atoms with Crippen LogP contribution in [0.1, 0.15) is 27.2 Å². The van der Waals surface area contributed by atoms with E-state index >= 15 is 0 Å². The SMILES string of the molecule is CC(CCO)CNCC(O)COCCOC(C)C. The van der Waals surface area contributed by atoms with E-state index in [1.165, 1.54) is 0 Å². The molecule has 0 spiro atoms. The van der Waals surface area contributed by atoms with Crippen molar-refractivity contribution in [2.24, 2.45) is 5.92 Å². The highest BCUT2D eigenvalue weighted by atomic mass is 16.5. The molecule has 0 bridgehead atoms. The van der Waals surface area contributed by atoms with Crippen molar-refractivity contribution in [1.82, 2.24) is 5.32 Å². The molecule has 0 aliphatic heterocycles. The molecule has 5 nitrogen and oxygen atoms in total. The van der Waals surface area contributed by atoms with Crippen LogP contribution in [0.4, 0.5) is 0 Å². The van der Waals surface area contributed by atoms with Gasteiger partial charge in [-0.1, -0.05) is 6.92 Å². The van der Waals surface area contributed by atoms with Crippen molar-refractivity contribution >= 4 is 0 Å². The standard InChI is InChI=1S/C13H29NO4/c1-11(2)18-7-6-17-10-13(16)9-14-8-12(3)4-5-15/h11-16H,4-10H2,1-3H3. The number of hydrogen-bond acceptors (Lipinski definition) is 5. The van der Waals surface area contributed by atoms with Gasteiger partial charge in [-0.15, -0.1) is 0 Å². The zero-order chi connectivity index (χ0) is 13.8. The molecule has 18 heavy (non-hydrogen) atoms. The van der Waals surface area contributed by atoms with E-state index in [2.05, 4.69) is 12.2 Å². The fourth-order valence-corrected chi connectivity index (χ4v) is 1.44. The van der Waals surface area contributed by atoms with E-state index < -0.39 is 6.10 Å². The molecule has 110 valence electrons. The second-order valence-corrected chi connectivity index (χ2v) is 4.92. The van der Waals surface area contributed by atoms with Crippen molar-refractivity contribution < 1.29 is 19.7 Å². The first-order valence-corrected chi connectivity index (χ1v) is 6.75. The Bertz CT molecular complexity index is 178. The van der Waals surface area contributed by atoms with Gasteiger partial charge in [-0.3, -0.25) is 0 Å². The smallest absolute Gasteiger partial charge is 0.0897 e. The lowest BCUT2D eigenvalue weighted by Crippen LogP contribution is -2.33. The molecular weight excluding hydrogens is 234 g/mol. The summed E-state index contributed by atoms with van der Waals surface area (Å²) in [4.78, 5) is 0. The van der Waals surface area contributed by atoms with Gasteiger partial charge in [0.15, 0.2) is 0 Å². The van der Waals surface area contributed by atoms with Crippen LogP contribution in [0.25, 0.3) is 0 Å². The number of hydrogen-bond donors (Lipinski definition) is 3. The van der Waals surface area contributed by atoms with Gasteiger partial charge in [-0.05, 0) is 32.7 Å². The monoisotopic (exact) mass is 263 g/mol. The van der Waals surface area contributed by atoms with Crippen molar-refractivity contribution in [3.63, 3.8) is 0 Å². The predicted octanol–water partition coefficient (Wildman–Crippen LogP) is 0.397. The molecule has 0 fully saturated rings. The lowest BCUT2D eigenvalue weighted by molar-refractivity contribution is -0.0101. The molecule has 5 heteroatoms. The van der Waals surface area contributed by atoms with Crippen molar-refractivity contribution in [2.45, 2.75) is 39.4 Å². The number of ether oxygens (including phenoxy) is 2. The molecule has 0 saturated heterocycles. The third-order valence-corrected chi connectivity index (χ3v) is 2.48. The van der Waals surface area contributed by atoms with E-state index in [9.17, 15) is 5.11 Å². The summed E-state index contributed by atoms with van der Waals surface area (Å²) in [6.45, 7) is 8.94. The number of aliphatic hydroxyl groups is 2. The average molecular weight is 263 g/mol. The second kappa shape index (κ2) is 11.9. The van der Waals surface area contributed by atoms with Gasteiger partial charge >= 0.3 is 0 Å². The van der Waals surface area contributed by atoms with E-state index in [1.54, 1.807) is 0 Å². The maximum Gasteiger partial charge on any atom is 0.0897 e. The molecule has 0 aliphatic rings. The third-order valence-electron chi connectivity index (χ3n) is 2.48. The predicted molar refractivity (Wildman–Crippen MR) is 71.7 cm³/mol. The highest BCUT2D eigenvalue weighted by Gasteiger charge is 2.06. The Hall–Kier alpha value is -0.200. The van der Waals surface area contributed by atoms with Crippen molar-refractivity contribution in [1.29, 1.82) is 0 Å². The average Bonchev–Trinajstić information content (AvgIpc) is 2.28. The van der Waals surface area contributed by atoms with Crippen molar-refractivity contribution in [2.75, 3.05) is 39.5 Å². The Morgan fingerprint density at radius 2 is 1.83 bits per heavy atom. The summed E-state index contributed by atoms with van der Waals surface area (Å²) in [6, 6.07) is 0. The first-order valence-electron chi connectivity index (χ1n) is 6.75. The molecule has 2 atom stereocenters. The fraction of sp³-hybridized carbons (Fsp3) is 1.00. The van der Waals surface area contributed by atoms with Crippen LogP contribution in [-0.4, -0.2) is 61.9 Å². The highest BCUT2D eigenvalue weighted by Crippen LogP contribution is 1.97. The lowest BCUT2D eigenvalue weighted by Gasteiger charge is -2.15. The van der Waals surface area contributed by atoms with E-state index in [1.807, 2.05) is 13.8 Å². The Balaban J connectivity index is 3.29. The van der Waals surface area contributed by atoms with Crippen molar-refractivity contribution in [3.05, 3.63) is 0 Å². The summed E-state index contributed by atoms with van der Waals surface area (Å²) in [6.07, 6.45) is 0.505. The maximum atomic E-state index is 9.62. The molecule has 0 radical (unpaired) electrons. The molecule has 0 heterocycles. The molecule has 0 aromatic carbocycles. The molecule has 0 aromatic heterocycles. The van der Waals surface area contributed by atoms with E-state index in [4.69, 9.17) is 14.6 Å². The van der Waals surface area contributed by atoms with Gasteiger partial charge in [0.05, 0.1) is 32.0 Å². The largest absolute Gasteiger partial charge is 0.396 e. The van der Waals surface area contributed by atoms with Gasteiger partial charge in [-0.2, -0.15) is 0 Å². The first kappa shape index (κ1) is 17.8. The lowest BCUT2D eigenvalue weighted by atomic mass is 10.1. The van der Waals surface area contributed by atoms with E-state index in [0.717, 1.165) is 13.0 Å². The summed E-state index contributed by atoms with van der Waals surface area (Å²) in [7, 11) is 0. The summed E-state index contributed by atoms with van der Waals surface area (Å²) in [5, 5.41) is 21.5. The van der Waals surface area contributed by atoms with Crippen LogP contribution in [0.15, 0.2) is 0 Å². The van der Waals surface area contributed by atoms with Gasteiger partial charge in [0.2, 0.25) is 0 Å². The molecule has 0 rings (SSSR count). The molecule has 0 amide bonds. The van der Waals surface area contributed by atoms with Gasteiger partial charge in [0.25, 0.3) is 0 Å². The van der Waals surface area contributed by atoms with Crippen molar-refractivity contribution in [3.8, 4) is 0 Å². The number of aliphatic hydroxyl groups excluding tert-OH is 2. The van der Waals surface area contributed by atoms with Crippen LogP contribution in [-0.2, 0) is 9.47 Å². The van der Waals surface area contributed by atoms with Crippen LogP contribution in [0.3, 0.4) is 0 Å².